The Hall–Kier alpha value is -3.32. The highest BCUT2D eigenvalue weighted by Crippen LogP contribution is 2.18. The Morgan fingerprint density at radius 3 is 2.88 bits per heavy atom. The average molecular weight is 330 g/mol. The van der Waals surface area contributed by atoms with Crippen LogP contribution in [-0.2, 0) is 0 Å². The molecule has 0 unspecified atom stereocenters. The molecule has 0 fully saturated rings. The fourth-order valence-electron chi connectivity index (χ4n) is 2.42. The molecule has 124 valence electrons. The number of hydrogen-bond donors (Lipinski definition) is 1. The highest BCUT2D eigenvalue weighted by atomic mass is 16.5. The summed E-state index contributed by atoms with van der Waals surface area (Å²) < 4.78 is 5.60. The Morgan fingerprint density at radius 1 is 1.12 bits per heavy atom. The van der Waals surface area contributed by atoms with Gasteiger partial charge < -0.3 is 10.1 Å². The number of amides is 1. The lowest BCUT2D eigenvalue weighted by atomic mass is 10.1. The van der Waals surface area contributed by atoms with Crippen LogP contribution in [0.4, 0.5) is 0 Å². The van der Waals surface area contributed by atoms with Gasteiger partial charge in [-0.2, -0.15) is 0 Å². The summed E-state index contributed by atoms with van der Waals surface area (Å²) in [6.07, 6.45) is 1.75. The maximum Gasteiger partial charge on any atom is 0.252 e. The summed E-state index contributed by atoms with van der Waals surface area (Å²) in [7, 11) is 0. The highest BCUT2D eigenvalue weighted by molar-refractivity contribution is 5.95. The highest BCUT2D eigenvalue weighted by Gasteiger charge is 2.05. The van der Waals surface area contributed by atoms with Gasteiger partial charge in [0.05, 0.1) is 12.1 Å². The third-order valence-electron chi connectivity index (χ3n) is 3.74. The van der Waals surface area contributed by atoms with E-state index in [-0.39, 0.29) is 19.1 Å². The number of pyridine rings is 1. The van der Waals surface area contributed by atoms with E-state index in [0.29, 0.717) is 5.56 Å². The van der Waals surface area contributed by atoms with Gasteiger partial charge in [-0.15, -0.1) is 0 Å². The van der Waals surface area contributed by atoms with E-state index in [1.165, 1.54) is 0 Å². The minimum Gasteiger partial charge on any atom is -0.481 e. The molecule has 1 heterocycles. The van der Waals surface area contributed by atoms with Gasteiger partial charge >= 0.3 is 0 Å². The molecule has 0 saturated heterocycles. The zero-order valence-electron chi connectivity index (χ0n) is 14.0. The first-order valence-corrected chi connectivity index (χ1v) is 8.01. The molecule has 3 rings (SSSR count). The number of nitrogens with zero attached hydrogens (tertiary/aromatic N) is 1. The SMILES string of the molecule is Cc1ccccc1C(=O)NCC#CCOc1ccc2cccnc2c1. The molecule has 1 N–H and O–H groups in total. The largest absolute Gasteiger partial charge is 0.481 e. The van der Waals surface area contributed by atoms with E-state index >= 15 is 0 Å². The third kappa shape index (κ3) is 4.36. The smallest absolute Gasteiger partial charge is 0.252 e. The molecule has 2 aromatic carbocycles. The standard InChI is InChI=1S/C21H18N2O2/c1-16-7-2-3-9-19(16)21(24)23-12-4-5-14-25-18-11-10-17-8-6-13-22-20(17)15-18/h2-3,6-11,13,15H,12,14H2,1H3,(H,23,24). The van der Waals surface area contributed by atoms with E-state index in [2.05, 4.69) is 22.1 Å². The number of rotatable bonds is 4. The van der Waals surface area contributed by atoms with E-state index in [1.54, 1.807) is 12.3 Å². The molecule has 0 aliphatic carbocycles. The van der Waals surface area contributed by atoms with Crippen LogP contribution in [0, 0.1) is 18.8 Å². The molecule has 1 aromatic heterocycles. The molecule has 0 aliphatic heterocycles. The molecule has 4 nitrogen and oxygen atoms in total. The van der Waals surface area contributed by atoms with Crippen molar-refractivity contribution in [1.82, 2.24) is 10.3 Å². The lowest BCUT2D eigenvalue weighted by Gasteiger charge is -2.04. The van der Waals surface area contributed by atoms with Crippen molar-refractivity contribution in [3.8, 4) is 17.6 Å². The van der Waals surface area contributed by atoms with Gasteiger partial charge in [0.15, 0.2) is 0 Å². The van der Waals surface area contributed by atoms with Crippen molar-refractivity contribution in [2.45, 2.75) is 6.92 Å². The second-order valence-electron chi connectivity index (χ2n) is 5.50. The summed E-state index contributed by atoms with van der Waals surface area (Å²) in [4.78, 5) is 16.3. The van der Waals surface area contributed by atoms with Gasteiger partial charge in [0, 0.05) is 23.2 Å². The second-order valence-corrected chi connectivity index (χ2v) is 5.50. The van der Waals surface area contributed by atoms with Gasteiger partial charge in [0.25, 0.3) is 5.91 Å². The summed E-state index contributed by atoms with van der Waals surface area (Å²) in [6.45, 7) is 2.46. The number of benzene rings is 2. The number of carbonyl (C=O) groups is 1. The van der Waals surface area contributed by atoms with Crippen molar-refractivity contribution >= 4 is 16.8 Å². The first kappa shape index (κ1) is 16.5. The predicted molar refractivity (Wildman–Crippen MR) is 98.5 cm³/mol. The van der Waals surface area contributed by atoms with Crippen LogP contribution in [0.2, 0.25) is 0 Å². The lowest BCUT2D eigenvalue weighted by molar-refractivity contribution is 0.0958. The van der Waals surface area contributed by atoms with Crippen LogP contribution in [0.25, 0.3) is 10.9 Å². The number of carbonyl (C=O) groups excluding carboxylic acids is 1. The van der Waals surface area contributed by atoms with Gasteiger partial charge in [0.2, 0.25) is 0 Å². The van der Waals surface area contributed by atoms with E-state index in [1.807, 2.05) is 55.5 Å². The molecule has 3 aromatic rings. The molecule has 1 amide bonds. The Morgan fingerprint density at radius 2 is 2.00 bits per heavy atom. The normalized spacial score (nSPS) is 9.96. The van der Waals surface area contributed by atoms with Gasteiger partial charge in [-0.3, -0.25) is 9.78 Å². The molecule has 0 atom stereocenters. The number of fused-ring (bicyclic) bond motifs is 1. The molecule has 0 saturated carbocycles. The van der Waals surface area contributed by atoms with Crippen LogP contribution >= 0.6 is 0 Å². The van der Waals surface area contributed by atoms with Crippen molar-refractivity contribution < 1.29 is 9.53 Å². The molecule has 0 spiro atoms. The monoisotopic (exact) mass is 330 g/mol. The van der Waals surface area contributed by atoms with Crippen molar-refractivity contribution in [2.75, 3.05) is 13.2 Å². The average Bonchev–Trinajstić information content (AvgIpc) is 2.64. The first-order valence-electron chi connectivity index (χ1n) is 8.01. The summed E-state index contributed by atoms with van der Waals surface area (Å²) in [6, 6.07) is 17.1. The predicted octanol–water partition coefficient (Wildman–Crippen LogP) is 3.36. The lowest BCUT2D eigenvalue weighted by Crippen LogP contribution is -2.24. The maximum atomic E-state index is 12.0. The van der Waals surface area contributed by atoms with Gasteiger partial charge in [-0.1, -0.05) is 36.1 Å². The van der Waals surface area contributed by atoms with Gasteiger partial charge in [0.1, 0.15) is 12.4 Å². The number of ether oxygens (including phenoxy) is 1. The summed E-state index contributed by atoms with van der Waals surface area (Å²) >= 11 is 0. The topological polar surface area (TPSA) is 51.2 Å². The Bertz CT molecular complexity index is 955. The summed E-state index contributed by atoms with van der Waals surface area (Å²) in [5, 5.41) is 3.85. The van der Waals surface area contributed by atoms with E-state index < -0.39 is 0 Å². The van der Waals surface area contributed by atoms with Crippen molar-refractivity contribution in [3.05, 3.63) is 71.9 Å². The van der Waals surface area contributed by atoms with Gasteiger partial charge in [-0.25, -0.2) is 0 Å². The van der Waals surface area contributed by atoms with Crippen LogP contribution < -0.4 is 10.1 Å². The number of aryl methyl sites for hydroxylation is 1. The number of nitrogens with one attached hydrogen (secondary N) is 1. The second kappa shape index (κ2) is 7.98. The molecule has 0 bridgehead atoms. The van der Waals surface area contributed by atoms with Crippen molar-refractivity contribution in [3.63, 3.8) is 0 Å². The minimum atomic E-state index is -0.117. The third-order valence-corrected chi connectivity index (χ3v) is 3.74. The number of aromatic nitrogens is 1. The molecular formula is C21H18N2O2. The van der Waals surface area contributed by atoms with Crippen LogP contribution in [0.5, 0.6) is 5.75 Å². The van der Waals surface area contributed by atoms with Crippen LogP contribution in [0.3, 0.4) is 0 Å². The maximum absolute atomic E-state index is 12.0. The van der Waals surface area contributed by atoms with Crippen LogP contribution in [0.15, 0.2) is 60.8 Å². The first-order chi connectivity index (χ1) is 12.2. The Balaban J connectivity index is 1.48. The molecule has 25 heavy (non-hydrogen) atoms. The Kier molecular flexibility index (Phi) is 5.28. The fraction of sp³-hybridized carbons (Fsp3) is 0.143. The van der Waals surface area contributed by atoms with Crippen molar-refractivity contribution in [2.24, 2.45) is 0 Å². The quantitative estimate of drug-likeness (QED) is 0.746. The minimum absolute atomic E-state index is 0.117. The van der Waals surface area contributed by atoms with Crippen molar-refractivity contribution in [1.29, 1.82) is 0 Å². The molecule has 0 aliphatic rings. The molecule has 4 heteroatoms. The van der Waals surface area contributed by atoms with E-state index in [0.717, 1.165) is 22.2 Å². The van der Waals surface area contributed by atoms with E-state index in [4.69, 9.17) is 4.74 Å². The zero-order valence-corrected chi connectivity index (χ0v) is 14.0. The molecule has 0 radical (unpaired) electrons. The van der Waals surface area contributed by atoms with Crippen LogP contribution in [0.1, 0.15) is 15.9 Å². The fourth-order valence-corrected chi connectivity index (χ4v) is 2.42. The Labute approximate surface area is 146 Å². The van der Waals surface area contributed by atoms with Crippen LogP contribution in [-0.4, -0.2) is 24.0 Å². The van der Waals surface area contributed by atoms with E-state index in [9.17, 15) is 4.79 Å². The molecular weight excluding hydrogens is 312 g/mol. The summed E-state index contributed by atoms with van der Waals surface area (Å²) in [5.74, 6) is 6.40. The van der Waals surface area contributed by atoms with Gasteiger partial charge in [-0.05, 0) is 36.8 Å². The zero-order chi connectivity index (χ0) is 17.5. The summed E-state index contributed by atoms with van der Waals surface area (Å²) in [5.41, 5.74) is 2.50. The number of hydrogen-bond acceptors (Lipinski definition) is 3.